The van der Waals surface area contributed by atoms with Crippen LogP contribution in [0.4, 0.5) is 0 Å². The molecule has 2 fully saturated rings. The first-order valence-corrected chi connectivity index (χ1v) is 11.1. The lowest BCUT2D eigenvalue weighted by atomic mass is 9.73. The standard InChI is InChI=1S/C23H28N2OS/c26-22-17-23(27-15-14-25(22)18-20-9-12-24-13-10-20)11-5-4-8-21(23)16-19-6-2-1-3-7-19/h1-3,6-7,9-10,12-13,21H,4-5,8,11,14-18H2/t21-,23-/m0/s1. The van der Waals surface area contributed by atoms with Crippen molar-refractivity contribution in [2.24, 2.45) is 5.92 Å². The molecule has 1 spiro atoms. The van der Waals surface area contributed by atoms with Gasteiger partial charge < -0.3 is 4.90 Å². The van der Waals surface area contributed by atoms with Crippen LogP contribution in [0.2, 0.25) is 0 Å². The lowest BCUT2D eigenvalue weighted by Crippen LogP contribution is -2.42. The third-order valence-electron chi connectivity index (χ3n) is 6.15. The normalized spacial score (nSPS) is 26.1. The first kappa shape index (κ1) is 18.5. The van der Waals surface area contributed by atoms with E-state index in [0.717, 1.165) is 18.7 Å². The van der Waals surface area contributed by atoms with Crippen molar-refractivity contribution in [1.29, 1.82) is 0 Å². The number of pyridine rings is 1. The first-order chi connectivity index (χ1) is 13.3. The van der Waals surface area contributed by atoms with E-state index in [1.807, 2.05) is 24.5 Å². The third kappa shape index (κ3) is 4.37. The van der Waals surface area contributed by atoms with Crippen LogP contribution in [0.5, 0.6) is 0 Å². The summed E-state index contributed by atoms with van der Waals surface area (Å²) in [6, 6.07) is 14.8. The SMILES string of the molecule is O=C1C[C@]2(CCCC[C@H]2Cc2ccccc2)SCCN1Cc1ccncc1. The second-order valence-corrected chi connectivity index (χ2v) is 9.40. The number of amides is 1. The number of hydrogen-bond donors (Lipinski definition) is 0. The zero-order valence-electron chi connectivity index (χ0n) is 15.8. The van der Waals surface area contributed by atoms with Crippen molar-refractivity contribution < 1.29 is 4.79 Å². The van der Waals surface area contributed by atoms with E-state index in [0.29, 0.717) is 24.8 Å². The molecule has 2 atom stereocenters. The van der Waals surface area contributed by atoms with Crippen LogP contribution in [0.3, 0.4) is 0 Å². The van der Waals surface area contributed by atoms with Gasteiger partial charge in [0.05, 0.1) is 0 Å². The summed E-state index contributed by atoms with van der Waals surface area (Å²) in [4.78, 5) is 19.3. The Morgan fingerprint density at radius 2 is 1.89 bits per heavy atom. The molecule has 0 unspecified atom stereocenters. The monoisotopic (exact) mass is 380 g/mol. The van der Waals surface area contributed by atoms with Gasteiger partial charge in [-0.2, -0.15) is 11.8 Å². The summed E-state index contributed by atoms with van der Waals surface area (Å²) in [7, 11) is 0. The topological polar surface area (TPSA) is 33.2 Å². The summed E-state index contributed by atoms with van der Waals surface area (Å²) in [5, 5.41) is 0. The fourth-order valence-electron chi connectivity index (χ4n) is 4.67. The summed E-state index contributed by atoms with van der Waals surface area (Å²) < 4.78 is 0.123. The molecule has 2 aromatic rings. The molecule has 27 heavy (non-hydrogen) atoms. The van der Waals surface area contributed by atoms with Crippen molar-refractivity contribution in [3.8, 4) is 0 Å². The van der Waals surface area contributed by atoms with E-state index >= 15 is 0 Å². The van der Waals surface area contributed by atoms with Crippen molar-refractivity contribution in [3.05, 3.63) is 66.0 Å². The predicted molar refractivity (Wildman–Crippen MR) is 112 cm³/mol. The smallest absolute Gasteiger partial charge is 0.224 e. The van der Waals surface area contributed by atoms with E-state index in [1.165, 1.54) is 36.8 Å². The molecule has 1 saturated carbocycles. The van der Waals surface area contributed by atoms with Gasteiger partial charge in [0.1, 0.15) is 0 Å². The van der Waals surface area contributed by atoms with E-state index < -0.39 is 0 Å². The van der Waals surface area contributed by atoms with Crippen LogP contribution in [-0.4, -0.2) is 32.8 Å². The van der Waals surface area contributed by atoms with Crippen LogP contribution in [0.15, 0.2) is 54.9 Å². The second-order valence-electron chi connectivity index (χ2n) is 7.89. The molecular formula is C23H28N2OS. The summed E-state index contributed by atoms with van der Waals surface area (Å²) in [5.74, 6) is 1.97. The van der Waals surface area contributed by atoms with Gasteiger partial charge in [-0.15, -0.1) is 0 Å². The van der Waals surface area contributed by atoms with Gasteiger partial charge in [0.25, 0.3) is 0 Å². The highest BCUT2D eigenvalue weighted by Crippen LogP contribution is 2.49. The molecule has 0 radical (unpaired) electrons. The van der Waals surface area contributed by atoms with Crippen molar-refractivity contribution in [1.82, 2.24) is 9.88 Å². The van der Waals surface area contributed by atoms with E-state index in [4.69, 9.17) is 0 Å². The number of nitrogens with zero attached hydrogens (tertiary/aromatic N) is 2. The number of benzene rings is 1. The van der Waals surface area contributed by atoms with E-state index in [9.17, 15) is 4.79 Å². The Morgan fingerprint density at radius 1 is 1.07 bits per heavy atom. The van der Waals surface area contributed by atoms with Gasteiger partial charge in [-0.25, -0.2) is 0 Å². The lowest BCUT2D eigenvalue weighted by molar-refractivity contribution is -0.132. The molecule has 1 aliphatic carbocycles. The summed E-state index contributed by atoms with van der Waals surface area (Å²) in [5.41, 5.74) is 2.58. The molecule has 2 heterocycles. The molecule has 1 amide bonds. The second kappa shape index (κ2) is 8.47. The maximum absolute atomic E-state index is 13.2. The third-order valence-corrected chi connectivity index (χ3v) is 7.79. The van der Waals surface area contributed by atoms with Crippen LogP contribution in [0, 0.1) is 5.92 Å². The molecule has 2 aliphatic rings. The highest BCUT2D eigenvalue weighted by atomic mass is 32.2. The van der Waals surface area contributed by atoms with Crippen molar-refractivity contribution in [2.75, 3.05) is 12.3 Å². The maximum Gasteiger partial charge on any atom is 0.224 e. The van der Waals surface area contributed by atoms with Crippen LogP contribution in [-0.2, 0) is 17.8 Å². The van der Waals surface area contributed by atoms with Gasteiger partial charge in [0.2, 0.25) is 5.91 Å². The van der Waals surface area contributed by atoms with Gasteiger partial charge in [-0.1, -0.05) is 43.2 Å². The van der Waals surface area contributed by atoms with Gasteiger partial charge >= 0.3 is 0 Å². The lowest BCUT2D eigenvalue weighted by Gasteiger charge is -2.43. The molecule has 0 N–H and O–H groups in total. The quantitative estimate of drug-likeness (QED) is 0.769. The minimum Gasteiger partial charge on any atom is -0.337 e. The van der Waals surface area contributed by atoms with Crippen molar-refractivity contribution in [2.45, 2.75) is 49.8 Å². The Kier molecular flexibility index (Phi) is 5.82. The number of carbonyl (C=O) groups excluding carboxylic acids is 1. The Balaban J connectivity index is 1.50. The molecule has 1 aliphatic heterocycles. The van der Waals surface area contributed by atoms with Gasteiger partial charge in [-0.3, -0.25) is 9.78 Å². The fraction of sp³-hybridized carbons (Fsp3) is 0.478. The largest absolute Gasteiger partial charge is 0.337 e. The minimum absolute atomic E-state index is 0.123. The van der Waals surface area contributed by atoms with Gasteiger partial charge in [0, 0.05) is 42.4 Å². The molecule has 1 saturated heterocycles. The predicted octanol–water partition coefficient (Wildman–Crippen LogP) is 4.72. The Labute approximate surface area is 166 Å². The zero-order chi connectivity index (χ0) is 18.5. The highest BCUT2D eigenvalue weighted by molar-refractivity contribution is 8.00. The van der Waals surface area contributed by atoms with Crippen molar-refractivity contribution >= 4 is 17.7 Å². The first-order valence-electron chi connectivity index (χ1n) is 10.1. The fourth-order valence-corrected chi connectivity index (χ4v) is 6.34. The number of hydrogen-bond acceptors (Lipinski definition) is 3. The average molecular weight is 381 g/mol. The van der Waals surface area contributed by atoms with Gasteiger partial charge in [0.15, 0.2) is 0 Å². The number of carbonyl (C=O) groups is 1. The van der Waals surface area contributed by atoms with E-state index in [2.05, 4.69) is 52.0 Å². The molecule has 142 valence electrons. The number of aromatic nitrogens is 1. The van der Waals surface area contributed by atoms with Crippen molar-refractivity contribution in [3.63, 3.8) is 0 Å². The molecule has 1 aromatic carbocycles. The Bertz CT molecular complexity index is 751. The molecule has 4 heteroatoms. The molecule has 3 nitrogen and oxygen atoms in total. The average Bonchev–Trinajstić information content (AvgIpc) is 2.85. The zero-order valence-corrected chi connectivity index (χ0v) is 16.7. The summed E-state index contributed by atoms with van der Waals surface area (Å²) in [6.45, 7) is 1.56. The van der Waals surface area contributed by atoms with Crippen LogP contribution in [0.1, 0.15) is 43.2 Å². The summed E-state index contributed by atoms with van der Waals surface area (Å²) >= 11 is 2.08. The summed E-state index contributed by atoms with van der Waals surface area (Å²) in [6.07, 6.45) is 10.4. The van der Waals surface area contributed by atoms with E-state index in [1.54, 1.807) is 0 Å². The van der Waals surface area contributed by atoms with Crippen LogP contribution >= 0.6 is 11.8 Å². The van der Waals surface area contributed by atoms with E-state index in [-0.39, 0.29) is 4.75 Å². The molecule has 4 rings (SSSR count). The molecule has 0 bridgehead atoms. The Morgan fingerprint density at radius 3 is 2.70 bits per heavy atom. The number of thioether (sulfide) groups is 1. The maximum atomic E-state index is 13.2. The highest BCUT2D eigenvalue weighted by Gasteiger charge is 2.44. The van der Waals surface area contributed by atoms with Crippen LogP contribution < -0.4 is 0 Å². The van der Waals surface area contributed by atoms with Gasteiger partial charge in [-0.05, 0) is 48.4 Å². The van der Waals surface area contributed by atoms with Crippen LogP contribution in [0.25, 0.3) is 0 Å². The molecular weight excluding hydrogens is 352 g/mol. The Hall–Kier alpha value is -1.81. The minimum atomic E-state index is 0.123. The number of rotatable bonds is 4. The molecule has 1 aromatic heterocycles.